The molecule has 0 aromatic rings. The van der Waals surface area contributed by atoms with Crippen molar-refractivity contribution in [3.63, 3.8) is 0 Å². The third-order valence-corrected chi connectivity index (χ3v) is 3.92. The van der Waals surface area contributed by atoms with E-state index in [1.165, 1.54) is 32.4 Å². The highest BCUT2D eigenvalue weighted by Crippen LogP contribution is 2.21. The van der Waals surface area contributed by atoms with Crippen LogP contribution in [0.3, 0.4) is 0 Å². The number of piperazine rings is 1. The van der Waals surface area contributed by atoms with Crippen LogP contribution in [-0.2, 0) is 0 Å². The normalized spacial score (nSPS) is 31.2. The summed E-state index contributed by atoms with van der Waals surface area (Å²) in [6.07, 6.45) is 3.70. The molecule has 2 aliphatic heterocycles. The molecule has 0 radical (unpaired) electrons. The molecule has 2 fully saturated rings. The standard InChI is InChI=1S/C11H21ClN2O/c12-7-11(15)9-13-5-6-14-4-2-1-3-10(14)8-13/h10-11,15H,1-9H2. The van der Waals surface area contributed by atoms with Crippen molar-refractivity contribution in [2.45, 2.75) is 31.4 Å². The summed E-state index contributed by atoms with van der Waals surface area (Å²) in [5.74, 6) is 0.352. The summed E-state index contributed by atoms with van der Waals surface area (Å²) < 4.78 is 0. The number of piperidine rings is 1. The van der Waals surface area contributed by atoms with E-state index in [9.17, 15) is 5.11 Å². The molecule has 0 aromatic carbocycles. The topological polar surface area (TPSA) is 26.7 Å². The molecule has 0 spiro atoms. The van der Waals surface area contributed by atoms with E-state index in [1.54, 1.807) is 0 Å². The van der Waals surface area contributed by atoms with Crippen molar-refractivity contribution in [3.05, 3.63) is 0 Å². The number of aliphatic hydroxyl groups is 1. The lowest BCUT2D eigenvalue weighted by Gasteiger charge is -2.44. The molecule has 4 heteroatoms. The smallest absolute Gasteiger partial charge is 0.0802 e. The molecule has 1 N–H and O–H groups in total. The van der Waals surface area contributed by atoms with Crippen molar-refractivity contribution in [1.29, 1.82) is 0 Å². The lowest BCUT2D eigenvalue weighted by Crippen LogP contribution is -2.56. The first-order valence-corrected chi connectivity index (χ1v) is 6.53. The van der Waals surface area contributed by atoms with Crippen LogP contribution >= 0.6 is 11.6 Å². The highest BCUT2D eigenvalue weighted by Gasteiger charge is 2.29. The first kappa shape index (κ1) is 11.6. The van der Waals surface area contributed by atoms with Gasteiger partial charge >= 0.3 is 0 Å². The van der Waals surface area contributed by atoms with Gasteiger partial charge in [0, 0.05) is 38.1 Å². The molecule has 2 rings (SSSR count). The summed E-state index contributed by atoms with van der Waals surface area (Å²) in [5.41, 5.74) is 0. The molecule has 88 valence electrons. The Kier molecular flexibility index (Phi) is 4.26. The van der Waals surface area contributed by atoms with E-state index in [1.807, 2.05) is 0 Å². The van der Waals surface area contributed by atoms with E-state index >= 15 is 0 Å². The number of halogens is 1. The third kappa shape index (κ3) is 3.06. The molecule has 0 saturated carbocycles. The summed E-state index contributed by atoms with van der Waals surface area (Å²) >= 11 is 5.62. The zero-order valence-corrected chi connectivity index (χ0v) is 9.99. The third-order valence-electron chi connectivity index (χ3n) is 3.57. The minimum atomic E-state index is -0.359. The summed E-state index contributed by atoms with van der Waals surface area (Å²) in [6.45, 7) is 5.39. The van der Waals surface area contributed by atoms with Gasteiger partial charge in [0.1, 0.15) is 0 Å². The van der Waals surface area contributed by atoms with Crippen molar-refractivity contribution in [2.24, 2.45) is 0 Å². The van der Waals surface area contributed by atoms with Crippen LogP contribution in [0.1, 0.15) is 19.3 Å². The van der Waals surface area contributed by atoms with Gasteiger partial charge < -0.3 is 5.11 Å². The molecule has 2 heterocycles. The maximum absolute atomic E-state index is 9.52. The number of nitrogens with zero attached hydrogens (tertiary/aromatic N) is 2. The molecule has 2 saturated heterocycles. The van der Waals surface area contributed by atoms with Crippen LogP contribution in [0.2, 0.25) is 0 Å². The molecule has 2 unspecified atom stereocenters. The molecular weight excluding hydrogens is 212 g/mol. The SMILES string of the molecule is OC(CCl)CN1CCN2CCCCC2C1. The maximum Gasteiger partial charge on any atom is 0.0802 e. The summed E-state index contributed by atoms with van der Waals surface area (Å²) in [5, 5.41) is 9.52. The molecule has 15 heavy (non-hydrogen) atoms. The van der Waals surface area contributed by atoms with Crippen molar-refractivity contribution in [2.75, 3.05) is 38.6 Å². The second-order valence-electron chi connectivity index (χ2n) is 4.75. The number of fused-ring (bicyclic) bond motifs is 1. The lowest BCUT2D eigenvalue weighted by molar-refractivity contribution is 0.0281. The lowest BCUT2D eigenvalue weighted by atomic mass is 9.99. The molecule has 2 aliphatic rings. The fraction of sp³-hybridized carbons (Fsp3) is 1.00. The van der Waals surface area contributed by atoms with Crippen LogP contribution in [0.4, 0.5) is 0 Å². The average Bonchev–Trinajstić information content (AvgIpc) is 2.29. The first-order valence-electron chi connectivity index (χ1n) is 6.00. The van der Waals surface area contributed by atoms with Gasteiger partial charge in [-0.15, -0.1) is 11.6 Å². The largest absolute Gasteiger partial charge is 0.391 e. The van der Waals surface area contributed by atoms with E-state index in [0.717, 1.165) is 25.7 Å². The van der Waals surface area contributed by atoms with E-state index in [0.29, 0.717) is 5.88 Å². The van der Waals surface area contributed by atoms with E-state index < -0.39 is 0 Å². The molecule has 0 aliphatic carbocycles. The summed E-state index contributed by atoms with van der Waals surface area (Å²) in [6, 6.07) is 0.732. The number of hydrogen-bond acceptors (Lipinski definition) is 3. The van der Waals surface area contributed by atoms with Gasteiger partial charge in [-0.2, -0.15) is 0 Å². The predicted octanol–water partition coefficient (Wildman–Crippen LogP) is 0.756. The molecule has 0 aromatic heterocycles. The number of aliphatic hydroxyl groups excluding tert-OH is 1. The zero-order valence-electron chi connectivity index (χ0n) is 9.24. The molecular formula is C11H21ClN2O. The highest BCUT2D eigenvalue weighted by molar-refractivity contribution is 6.18. The van der Waals surface area contributed by atoms with Crippen LogP contribution in [-0.4, -0.2) is 65.7 Å². The Morgan fingerprint density at radius 2 is 2.13 bits per heavy atom. The number of alkyl halides is 1. The first-order chi connectivity index (χ1) is 7.29. The highest BCUT2D eigenvalue weighted by atomic mass is 35.5. The van der Waals surface area contributed by atoms with Crippen molar-refractivity contribution < 1.29 is 5.11 Å². The van der Waals surface area contributed by atoms with Crippen LogP contribution in [0, 0.1) is 0 Å². The average molecular weight is 233 g/mol. The van der Waals surface area contributed by atoms with Gasteiger partial charge in [0.25, 0.3) is 0 Å². The van der Waals surface area contributed by atoms with Gasteiger partial charge in [-0.05, 0) is 19.4 Å². The van der Waals surface area contributed by atoms with E-state index in [-0.39, 0.29) is 6.10 Å². The van der Waals surface area contributed by atoms with Crippen molar-refractivity contribution >= 4 is 11.6 Å². The van der Waals surface area contributed by atoms with Crippen LogP contribution < -0.4 is 0 Å². The summed E-state index contributed by atoms with van der Waals surface area (Å²) in [4.78, 5) is 4.96. The number of hydrogen-bond donors (Lipinski definition) is 1. The molecule has 0 amide bonds. The molecule has 2 atom stereocenters. The number of β-amino-alcohol motifs (C(OH)–C–C–N with tert-alkyl or cyclic N) is 1. The Morgan fingerprint density at radius 1 is 1.27 bits per heavy atom. The quantitative estimate of drug-likeness (QED) is 0.728. The van der Waals surface area contributed by atoms with Gasteiger partial charge in [0.05, 0.1) is 6.10 Å². The minimum Gasteiger partial charge on any atom is -0.391 e. The molecule has 0 bridgehead atoms. The van der Waals surface area contributed by atoms with Gasteiger partial charge in [-0.3, -0.25) is 9.80 Å². The van der Waals surface area contributed by atoms with E-state index in [4.69, 9.17) is 11.6 Å². The fourth-order valence-electron chi connectivity index (χ4n) is 2.73. The molecule has 3 nitrogen and oxygen atoms in total. The fourth-order valence-corrected chi connectivity index (χ4v) is 2.83. The second kappa shape index (κ2) is 5.48. The van der Waals surface area contributed by atoms with E-state index in [2.05, 4.69) is 9.80 Å². The Labute approximate surface area is 97.0 Å². The van der Waals surface area contributed by atoms with Gasteiger partial charge in [0.2, 0.25) is 0 Å². The van der Waals surface area contributed by atoms with Crippen LogP contribution in [0.25, 0.3) is 0 Å². The van der Waals surface area contributed by atoms with Gasteiger partial charge in [-0.1, -0.05) is 6.42 Å². The number of rotatable bonds is 3. The van der Waals surface area contributed by atoms with Crippen LogP contribution in [0.5, 0.6) is 0 Å². The Morgan fingerprint density at radius 3 is 2.93 bits per heavy atom. The van der Waals surface area contributed by atoms with Crippen LogP contribution in [0.15, 0.2) is 0 Å². The predicted molar refractivity (Wildman–Crippen MR) is 62.4 cm³/mol. The summed E-state index contributed by atoms with van der Waals surface area (Å²) in [7, 11) is 0. The Bertz CT molecular complexity index is 203. The monoisotopic (exact) mass is 232 g/mol. The van der Waals surface area contributed by atoms with Crippen molar-refractivity contribution in [1.82, 2.24) is 9.80 Å². The van der Waals surface area contributed by atoms with Gasteiger partial charge in [-0.25, -0.2) is 0 Å². The second-order valence-corrected chi connectivity index (χ2v) is 5.06. The van der Waals surface area contributed by atoms with Crippen molar-refractivity contribution in [3.8, 4) is 0 Å². The zero-order chi connectivity index (χ0) is 10.7. The van der Waals surface area contributed by atoms with Gasteiger partial charge in [0.15, 0.2) is 0 Å². The Hall–Kier alpha value is 0.170. The maximum atomic E-state index is 9.52. The minimum absolute atomic E-state index is 0.352. The Balaban J connectivity index is 1.80.